The number of carbonyl (C=O) groups excluding carboxylic acids is 1. The molecule has 0 radical (unpaired) electrons. The summed E-state index contributed by atoms with van der Waals surface area (Å²) >= 11 is 0. The molecular weight excluding hydrogens is 466 g/mol. The van der Waals surface area contributed by atoms with Crippen LogP contribution >= 0.6 is 0 Å². The lowest BCUT2D eigenvalue weighted by atomic mass is 9.88. The van der Waals surface area contributed by atoms with Crippen molar-refractivity contribution in [2.75, 3.05) is 23.9 Å². The molecule has 1 amide bonds. The van der Waals surface area contributed by atoms with Crippen LogP contribution < -0.4 is 9.80 Å². The van der Waals surface area contributed by atoms with E-state index >= 15 is 0 Å². The molecule has 38 heavy (non-hydrogen) atoms. The molecule has 0 N–H and O–H groups in total. The van der Waals surface area contributed by atoms with E-state index in [-0.39, 0.29) is 11.8 Å². The maximum Gasteiger partial charge on any atom is 0.230 e. The molecule has 0 spiro atoms. The van der Waals surface area contributed by atoms with Crippen LogP contribution in [0.2, 0.25) is 0 Å². The van der Waals surface area contributed by atoms with Crippen LogP contribution in [0.1, 0.15) is 43.2 Å². The number of anilines is 2. The standard InChI is InChI=1S/C34H37N3O/c1-25-20-31(23-35-22-25)30-10-7-11-33(21-30)37(34(38)29-8-5-4-6-9-29)24-26-12-14-27(15-13-26)28-16-18-32(19-17-28)36(2)3/h7,10-23,29H,4-6,8-9,24H2,1-3H3. The number of hydrogen-bond donors (Lipinski definition) is 0. The van der Waals surface area contributed by atoms with Crippen molar-refractivity contribution >= 4 is 17.3 Å². The van der Waals surface area contributed by atoms with Gasteiger partial charge in [-0.25, -0.2) is 0 Å². The summed E-state index contributed by atoms with van der Waals surface area (Å²) in [5, 5.41) is 0. The van der Waals surface area contributed by atoms with Crippen molar-refractivity contribution in [2.24, 2.45) is 5.92 Å². The Morgan fingerprint density at radius 1 is 0.763 bits per heavy atom. The topological polar surface area (TPSA) is 36.4 Å². The lowest BCUT2D eigenvalue weighted by Gasteiger charge is -2.30. The van der Waals surface area contributed by atoms with Crippen molar-refractivity contribution in [3.8, 4) is 22.3 Å². The van der Waals surface area contributed by atoms with E-state index in [1.165, 1.54) is 23.2 Å². The summed E-state index contributed by atoms with van der Waals surface area (Å²) in [6, 6.07) is 27.7. The lowest BCUT2D eigenvalue weighted by molar-refractivity contribution is -0.123. The fourth-order valence-corrected chi connectivity index (χ4v) is 5.37. The maximum atomic E-state index is 13.9. The van der Waals surface area contributed by atoms with Gasteiger partial charge in [0.05, 0.1) is 6.54 Å². The molecule has 1 aliphatic carbocycles. The van der Waals surface area contributed by atoms with Crippen LogP contribution in [-0.4, -0.2) is 25.0 Å². The van der Waals surface area contributed by atoms with Crippen molar-refractivity contribution in [3.63, 3.8) is 0 Å². The van der Waals surface area contributed by atoms with Crippen molar-refractivity contribution in [3.05, 3.63) is 102 Å². The van der Waals surface area contributed by atoms with Gasteiger partial charge in [-0.3, -0.25) is 9.78 Å². The first-order valence-electron chi connectivity index (χ1n) is 13.7. The average Bonchev–Trinajstić information content (AvgIpc) is 2.96. The molecule has 0 saturated heterocycles. The summed E-state index contributed by atoms with van der Waals surface area (Å²) in [5.41, 5.74) is 8.91. The van der Waals surface area contributed by atoms with Gasteiger partial charge in [-0.2, -0.15) is 0 Å². The zero-order valence-electron chi connectivity index (χ0n) is 22.7. The van der Waals surface area contributed by atoms with E-state index < -0.39 is 0 Å². The molecule has 194 valence electrons. The van der Waals surface area contributed by atoms with E-state index in [0.717, 1.165) is 53.6 Å². The molecule has 0 aliphatic heterocycles. The molecule has 5 rings (SSSR count). The summed E-state index contributed by atoms with van der Waals surface area (Å²) < 4.78 is 0. The van der Waals surface area contributed by atoms with Crippen LogP contribution in [0, 0.1) is 12.8 Å². The Morgan fingerprint density at radius 2 is 1.45 bits per heavy atom. The summed E-state index contributed by atoms with van der Waals surface area (Å²) in [6.07, 6.45) is 9.24. The number of carbonyl (C=O) groups is 1. The molecule has 1 fully saturated rings. The zero-order valence-corrected chi connectivity index (χ0v) is 22.7. The number of rotatable bonds is 7. The van der Waals surface area contributed by atoms with E-state index in [1.807, 2.05) is 17.3 Å². The molecule has 1 saturated carbocycles. The molecule has 0 bridgehead atoms. The first-order chi connectivity index (χ1) is 18.5. The molecule has 1 heterocycles. The van der Waals surface area contributed by atoms with Crippen molar-refractivity contribution < 1.29 is 4.79 Å². The van der Waals surface area contributed by atoms with E-state index in [1.54, 1.807) is 0 Å². The summed E-state index contributed by atoms with van der Waals surface area (Å²) in [7, 11) is 4.11. The highest BCUT2D eigenvalue weighted by molar-refractivity contribution is 5.95. The Kier molecular flexibility index (Phi) is 7.88. The largest absolute Gasteiger partial charge is 0.378 e. The van der Waals surface area contributed by atoms with E-state index in [9.17, 15) is 4.79 Å². The summed E-state index contributed by atoms with van der Waals surface area (Å²) in [6.45, 7) is 2.62. The van der Waals surface area contributed by atoms with Crippen LogP contribution in [0.5, 0.6) is 0 Å². The van der Waals surface area contributed by atoms with Gasteiger partial charge in [-0.15, -0.1) is 0 Å². The normalized spacial score (nSPS) is 13.8. The number of hydrogen-bond acceptors (Lipinski definition) is 3. The number of amides is 1. The second-order valence-electron chi connectivity index (χ2n) is 10.7. The first-order valence-corrected chi connectivity index (χ1v) is 13.7. The Morgan fingerprint density at radius 3 is 2.11 bits per heavy atom. The number of benzene rings is 3. The predicted octanol–water partition coefficient (Wildman–Crippen LogP) is 7.90. The quantitative estimate of drug-likeness (QED) is 0.257. The highest BCUT2D eigenvalue weighted by Gasteiger charge is 2.27. The fourth-order valence-electron chi connectivity index (χ4n) is 5.37. The van der Waals surface area contributed by atoms with Gasteiger partial charge in [0, 0.05) is 49.3 Å². The van der Waals surface area contributed by atoms with Gasteiger partial charge in [0.15, 0.2) is 0 Å². The van der Waals surface area contributed by atoms with E-state index in [0.29, 0.717) is 6.54 Å². The van der Waals surface area contributed by atoms with Gasteiger partial charge in [0.25, 0.3) is 0 Å². The van der Waals surface area contributed by atoms with Gasteiger partial charge in [0.2, 0.25) is 5.91 Å². The smallest absolute Gasteiger partial charge is 0.230 e. The second kappa shape index (κ2) is 11.6. The third-order valence-corrected chi connectivity index (χ3v) is 7.60. The van der Waals surface area contributed by atoms with Crippen molar-refractivity contribution in [1.29, 1.82) is 0 Å². The van der Waals surface area contributed by atoms with Crippen LogP contribution in [0.4, 0.5) is 11.4 Å². The number of aromatic nitrogens is 1. The molecule has 0 unspecified atom stereocenters. The average molecular weight is 504 g/mol. The third-order valence-electron chi connectivity index (χ3n) is 7.60. The summed E-state index contributed by atoms with van der Waals surface area (Å²) in [5.74, 6) is 0.343. The summed E-state index contributed by atoms with van der Waals surface area (Å²) in [4.78, 5) is 22.4. The lowest BCUT2D eigenvalue weighted by Crippen LogP contribution is -2.36. The van der Waals surface area contributed by atoms with Crippen molar-refractivity contribution in [1.82, 2.24) is 4.98 Å². The van der Waals surface area contributed by atoms with E-state index in [2.05, 4.69) is 110 Å². The van der Waals surface area contributed by atoms with Gasteiger partial charge >= 0.3 is 0 Å². The number of aryl methyl sites for hydroxylation is 1. The third kappa shape index (κ3) is 5.96. The van der Waals surface area contributed by atoms with Gasteiger partial charge < -0.3 is 9.80 Å². The monoisotopic (exact) mass is 503 g/mol. The minimum absolute atomic E-state index is 0.0996. The highest BCUT2D eigenvalue weighted by Crippen LogP contribution is 2.31. The second-order valence-corrected chi connectivity index (χ2v) is 10.7. The molecule has 3 aromatic carbocycles. The molecular formula is C34H37N3O. The molecule has 4 nitrogen and oxygen atoms in total. The Balaban J connectivity index is 1.42. The van der Waals surface area contributed by atoms with Crippen LogP contribution in [0.15, 0.2) is 91.3 Å². The number of pyridine rings is 1. The van der Waals surface area contributed by atoms with Gasteiger partial charge in [0.1, 0.15) is 0 Å². The van der Waals surface area contributed by atoms with Crippen LogP contribution in [0.3, 0.4) is 0 Å². The van der Waals surface area contributed by atoms with Gasteiger partial charge in [-0.1, -0.05) is 67.8 Å². The molecule has 4 aromatic rings. The Hall–Kier alpha value is -3.92. The number of nitrogens with zero attached hydrogens (tertiary/aromatic N) is 3. The molecule has 1 aliphatic rings. The molecule has 4 heteroatoms. The predicted molar refractivity (Wildman–Crippen MR) is 158 cm³/mol. The Labute approximate surface area is 227 Å². The van der Waals surface area contributed by atoms with Crippen molar-refractivity contribution in [2.45, 2.75) is 45.6 Å². The first kappa shape index (κ1) is 25.7. The van der Waals surface area contributed by atoms with E-state index in [4.69, 9.17) is 0 Å². The highest BCUT2D eigenvalue weighted by atomic mass is 16.2. The molecule has 1 aromatic heterocycles. The van der Waals surface area contributed by atoms with Gasteiger partial charge in [-0.05, 0) is 77.9 Å². The van der Waals surface area contributed by atoms with Crippen LogP contribution in [0.25, 0.3) is 22.3 Å². The Bertz CT molecular complexity index is 1370. The maximum absolute atomic E-state index is 13.9. The fraction of sp³-hybridized carbons (Fsp3) is 0.294. The molecule has 0 atom stereocenters. The van der Waals surface area contributed by atoms with Crippen LogP contribution in [-0.2, 0) is 11.3 Å². The SMILES string of the molecule is Cc1cncc(-c2cccc(N(Cc3ccc(-c4ccc(N(C)C)cc4)cc3)C(=O)C3CCCCC3)c2)c1. The minimum Gasteiger partial charge on any atom is -0.378 e. The zero-order chi connectivity index (χ0) is 26.5. The minimum atomic E-state index is 0.0996.